The summed E-state index contributed by atoms with van der Waals surface area (Å²) >= 11 is 0. The highest BCUT2D eigenvalue weighted by Gasteiger charge is 2.28. The lowest BCUT2D eigenvalue weighted by molar-refractivity contribution is 0.313. The van der Waals surface area contributed by atoms with Gasteiger partial charge in [-0.05, 0) is 51.3 Å². The van der Waals surface area contributed by atoms with Crippen LogP contribution in [0.1, 0.15) is 35.7 Å². The molecule has 0 bridgehead atoms. The minimum Gasteiger partial charge on any atom is -0.365 e. The van der Waals surface area contributed by atoms with Crippen molar-refractivity contribution in [1.29, 1.82) is 0 Å². The first-order chi connectivity index (χ1) is 15.9. The van der Waals surface area contributed by atoms with Gasteiger partial charge in [0, 0.05) is 45.0 Å². The van der Waals surface area contributed by atoms with E-state index in [4.69, 9.17) is 4.98 Å². The Hall–Kier alpha value is -3.27. The molecule has 3 aromatic rings. The minimum absolute atomic E-state index is 0.206. The Bertz CT molecular complexity index is 1140. The minimum atomic E-state index is -0.206. The fourth-order valence-electron chi connectivity index (χ4n) is 4.10. The Balaban J connectivity index is 1.46. The predicted molar refractivity (Wildman–Crippen MR) is 127 cm³/mol. The molecule has 1 aliphatic heterocycles. The lowest BCUT2D eigenvalue weighted by Gasteiger charge is -2.34. The summed E-state index contributed by atoms with van der Waals surface area (Å²) in [6, 6.07) is 3.77. The molecule has 1 saturated carbocycles. The molecule has 0 spiro atoms. The van der Waals surface area contributed by atoms with Crippen molar-refractivity contribution in [1.82, 2.24) is 29.6 Å². The third-order valence-corrected chi connectivity index (χ3v) is 6.38. The van der Waals surface area contributed by atoms with E-state index < -0.39 is 0 Å². The van der Waals surface area contributed by atoms with Gasteiger partial charge in [-0.25, -0.2) is 14.4 Å². The quantitative estimate of drug-likeness (QED) is 0.589. The molecule has 0 radical (unpaired) electrons. The molecule has 2 N–H and O–H groups in total. The molecule has 4 heterocycles. The first kappa shape index (κ1) is 21.6. The maximum atomic E-state index is 14.5. The van der Waals surface area contributed by atoms with Gasteiger partial charge in [0.05, 0.1) is 17.6 Å². The van der Waals surface area contributed by atoms with Crippen LogP contribution in [0.5, 0.6) is 0 Å². The Morgan fingerprint density at radius 3 is 2.39 bits per heavy atom. The third-order valence-electron chi connectivity index (χ3n) is 6.38. The van der Waals surface area contributed by atoms with Gasteiger partial charge in [0.1, 0.15) is 11.6 Å². The van der Waals surface area contributed by atoms with E-state index in [-0.39, 0.29) is 11.7 Å². The van der Waals surface area contributed by atoms with Gasteiger partial charge in [-0.15, -0.1) is 0 Å². The van der Waals surface area contributed by atoms with Gasteiger partial charge in [-0.2, -0.15) is 10.1 Å². The summed E-state index contributed by atoms with van der Waals surface area (Å²) in [4.78, 5) is 18.3. The van der Waals surface area contributed by atoms with Crippen molar-refractivity contribution in [3.05, 3.63) is 41.1 Å². The average Bonchev–Trinajstić information content (AvgIpc) is 3.57. The zero-order valence-electron chi connectivity index (χ0n) is 19.6. The van der Waals surface area contributed by atoms with Crippen LogP contribution in [0.3, 0.4) is 0 Å². The molecule has 1 saturated heterocycles. The molecule has 5 rings (SSSR count). The van der Waals surface area contributed by atoms with E-state index in [2.05, 4.69) is 42.5 Å². The number of anilines is 5. The van der Waals surface area contributed by atoms with E-state index in [0.29, 0.717) is 23.3 Å². The second kappa shape index (κ2) is 8.58. The van der Waals surface area contributed by atoms with E-state index in [1.54, 1.807) is 13.0 Å². The number of rotatable bonds is 6. The monoisotopic (exact) mass is 451 g/mol. The Kier molecular flexibility index (Phi) is 5.61. The fourth-order valence-corrected chi connectivity index (χ4v) is 4.10. The molecule has 0 unspecified atom stereocenters. The molecule has 2 fully saturated rings. The van der Waals surface area contributed by atoms with Gasteiger partial charge in [-0.1, -0.05) is 0 Å². The van der Waals surface area contributed by atoms with E-state index in [9.17, 15) is 4.39 Å². The molecule has 9 nitrogen and oxygen atoms in total. The van der Waals surface area contributed by atoms with Crippen molar-refractivity contribution >= 4 is 29.1 Å². The third kappa shape index (κ3) is 4.61. The summed E-state index contributed by atoms with van der Waals surface area (Å²) in [6.45, 7) is 7.44. The first-order valence-electron chi connectivity index (χ1n) is 11.4. The number of likely N-dealkylation sites (N-methyl/N-ethyl adjacent to an activating group) is 1. The number of aryl methyl sites for hydroxylation is 3. The average molecular weight is 452 g/mol. The molecular weight excluding hydrogens is 421 g/mol. The highest BCUT2D eigenvalue weighted by Crippen LogP contribution is 2.42. The van der Waals surface area contributed by atoms with E-state index in [1.807, 2.05) is 30.9 Å². The first-order valence-corrected chi connectivity index (χ1v) is 11.4. The van der Waals surface area contributed by atoms with Gasteiger partial charge in [0.25, 0.3) is 0 Å². The number of hydrogen-bond donors (Lipinski definition) is 2. The summed E-state index contributed by atoms with van der Waals surface area (Å²) in [5.74, 6) is 2.45. The van der Waals surface area contributed by atoms with Gasteiger partial charge in [-0.3, -0.25) is 4.68 Å². The van der Waals surface area contributed by atoms with Crippen molar-refractivity contribution < 1.29 is 4.39 Å². The van der Waals surface area contributed by atoms with E-state index in [0.717, 1.165) is 61.8 Å². The lowest BCUT2D eigenvalue weighted by atomic mass is 10.1. The van der Waals surface area contributed by atoms with Crippen LogP contribution < -0.4 is 15.5 Å². The molecule has 0 atom stereocenters. The summed E-state index contributed by atoms with van der Waals surface area (Å²) in [7, 11) is 4.04. The summed E-state index contributed by atoms with van der Waals surface area (Å²) in [5, 5.41) is 11.1. The van der Waals surface area contributed by atoms with Crippen LogP contribution in [0.2, 0.25) is 0 Å². The molecular formula is C23H30FN9. The van der Waals surface area contributed by atoms with Crippen molar-refractivity contribution in [2.75, 3.05) is 48.8 Å². The van der Waals surface area contributed by atoms with Crippen LogP contribution in [0.25, 0.3) is 0 Å². The maximum absolute atomic E-state index is 14.5. The van der Waals surface area contributed by atoms with Gasteiger partial charge < -0.3 is 20.4 Å². The maximum Gasteiger partial charge on any atom is 0.230 e. The standard InChI is InChI=1S/C23H30FN9/c1-14-11-20(30-32(14)4)27-22-18(33-9-7-31(3)8-10-33)13-25-23(29-22)28-19-12-17(16-5-6-16)21(24)15(2)26-19/h11-13,16H,5-10H2,1-4H3,(H2,25,26,27,28,29,30). The number of pyridine rings is 1. The van der Waals surface area contributed by atoms with E-state index >= 15 is 0 Å². The molecule has 33 heavy (non-hydrogen) atoms. The Morgan fingerprint density at radius 2 is 1.73 bits per heavy atom. The highest BCUT2D eigenvalue weighted by atomic mass is 19.1. The van der Waals surface area contributed by atoms with Crippen LogP contribution >= 0.6 is 0 Å². The van der Waals surface area contributed by atoms with Gasteiger partial charge >= 0.3 is 0 Å². The second-order valence-corrected chi connectivity index (χ2v) is 9.03. The number of aromatic nitrogens is 5. The zero-order chi connectivity index (χ0) is 23.1. The number of nitrogens with zero attached hydrogens (tertiary/aromatic N) is 7. The lowest BCUT2D eigenvalue weighted by Crippen LogP contribution is -2.44. The normalized spacial score (nSPS) is 16.8. The van der Waals surface area contributed by atoms with E-state index in [1.165, 1.54) is 0 Å². The molecule has 0 aromatic carbocycles. The highest BCUT2D eigenvalue weighted by molar-refractivity contribution is 5.72. The summed E-state index contributed by atoms with van der Waals surface area (Å²) in [5.41, 5.74) is 3.09. The van der Waals surface area contributed by atoms with Gasteiger partial charge in [0.15, 0.2) is 11.6 Å². The number of halogens is 1. The summed E-state index contributed by atoms with van der Waals surface area (Å²) < 4.78 is 16.3. The molecule has 1 aliphatic carbocycles. The number of nitrogens with one attached hydrogen (secondary N) is 2. The SMILES string of the molecule is Cc1nc(Nc2ncc(N3CCN(C)CC3)c(Nc3cc(C)n(C)n3)n2)cc(C2CC2)c1F. The Labute approximate surface area is 193 Å². The topological polar surface area (TPSA) is 87.0 Å². The van der Waals surface area contributed by atoms with Crippen LogP contribution in [-0.4, -0.2) is 62.9 Å². The number of piperazine rings is 1. The fraction of sp³-hybridized carbons (Fsp3) is 0.478. The smallest absolute Gasteiger partial charge is 0.230 e. The molecule has 10 heteroatoms. The Morgan fingerprint density at radius 1 is 0.970 bits per heavy atom. The number of hydrogen-bond acceptors (Lipinski definition) is 8. The van der Waals surface area contributed by atoms with Crippen molar-refractivity contribution in [2.45, 2.75) is 32.6 Å². The van der Waals surface area contributed by atoms with Crippen LogP contribution in [-0.2, 0) is 7.05 Å². The van der Waals surface area contributed by atoms with Crippen molar-refractivity contribution in [3.63, 3.8) is 0 Å². The largest absolute Gasteiger partial charge is 0.365 e. The van der Waals surface area contributed by atoms with Crippen molar-refractivity contribution in [2.24, 2.45) is 7.05 Å². The predicted octanol–water partition coefficient (Wildman–Crippen LogP) is 3.48. The molecule has 2 aliphatic rings. The van der Waals surface area contributed by atoms with Crippen LogP contribution in [0.15, 0.2) is 18.3 Å². The zero-order valence-corrected chi connectivity index (χ0v) is 19.6. The molecule has 3 aromatic heterocycles. The molecule has 174 valence electrons. The van der Waals surface area contributed by atoms with Crippen molar-refractivity contribution in [3.8, 4) is 0 Å². The second-order valence-electron chi connectivity index (χ2n) is 9.03. The summed E-state index contributed by atoms with van der Waals surface area (Å²) in [6.07, 6.45) is 3.87. The molecule has 0 amide bonds. The van der Waals surface area contributed by atoms with Crippen LogP contribution in [0, 0.1) is 19.7 Å². The van der Waals surface area contributed by atoms with Gasteiger partial charge in [0.2, 0.25) is 5.95 Å². The van der Waals surface area contributed by atoms with Crippen LogP contribution in [0.4, 0.5) is 33.5 Å².